The van der Waals surface area contributed by atoms with Gasteiger partial charge in [-0.15, -0.1) is 6.58 Å². The Morgan fingerprint density at radius 2 is 1.52 bits per heavy atom. The van der Waals surface area contributed by atoms with E-state index in [9.17, 15) is 0 Å². The fourth-order valence-electron chi connectivity index (χ4n) is 5.48. The zero-order chi connectivity index (χ0) is 23.0. The zero-order valence-corrected chi connectivity index (χ0v) is 20.6. The molecule has 2 heteroatoms. The van der Waals surface area contributed by atoms with Gasteiger partial charge in [-0.3, -0.25) is 4.68 Å². The smallest absolute Gasteiger partial charge is 0.100 e. The highest BCUT2D eigenvalue weighted by atomic mass is 15.3. The van der Waals surface area contributed by atoms with E-state index in [4.69, 9.17) is 5.10 Å². The number of aromatic nitrogens is 2. The number of hydrogen-bond acceptors (Lipinski definition) is 1. The average Bonchev–Trinajstić information content (AvgIpc) is 3.19. The van der Waals surface area contributed by atoms with Crippen LogP contribution in [-0.4, -0.2) is 9.78 Å². The molecule has 4 rings (SSSR count). The molecule has 1 aliphatic rings. The highest BCUT2D eigenvalue weighted by Crippen LogP contribution is 2.38. The predicted octanol–water partition coefficient (Wildman–Crippen LogP) is 8.72. The predicted molar refractivity (Wildman–Crippen MR) is 141 cm³/mol. The fraction of sp³-hybridized carbons (Fsp3) is 0.452. The molecular weight excluding hydrogens is 400 g/mol. The van der Waals surface area contributed by atoms with Crippen molar-refractivity contribution in [2.45, 2.75) is 78.2 Å². The first-order valence-electron chi connectivity index (χ1n) is 13.0. The maximum atomic E-state index is 5.26. The lowest BCUT2D eigenvalue weighted by Gasteiger charge is -2.29. The second kappa shape index (κ2) is 11.5. The lowest BCUT2D eigenvalue weighted by Crippen LogP contribution is -2.21. The van der Waals surface area contributed by atoms with Crippen LogP contribution in [0.5, 0.6) is 0 Å². The van der Waals surface area contributed by atoms with Crippen LogP contribution in [0, 0.1) is 11.8 Å². The number of allylic oxidation sites excluding steroid dienone is 1. The lowest BCUT2D eigenvalue weighted by atomic mass is 9.79. The molecule has 1 saturated carbocycles. The zero-order valence-electron chi connectivity index (χ0n) is 20.6. The summed E-state index contributed by atoms with van der Waals surface area (Å²) in [6.45, 7) is 9.56. The molecule has 1 aliphatic carbocycles. The van der Waals surface area contributed by atoms with Crippen molar-refractivity contribution >= 4 is 0 Å². The number of nitrogens with zero attached hydrogens (tertiary/aromatic N) is 2. The first kappa shape index (κ1) is 23.5. The van der Waals surface area contributed by atoms with Gasteiger partial charge in [0, 0.05) is 23.4 Å². The number of rotatable bonds is 10. The van der Waals surface area contributed by atoms with Gasteiger partial charge in [-0.25, -0.2) is 0 Å². The number of hydrogen-bond donors (Lipinski definition) is 0. The average molecular weight is 441 g/mol. The maximum Gasteiger partial charge on any atom is 0.100 e. The maximum absolute atomic E-state index is 5.26. The van der Waals surface area contributed by atoms with Crippen molar-refractivity contribution in [2.75, 3.05) is 0 Å². The molecule has 0 radical (unpaired) electrons. The van der Waals surface area contributed by atoms with Crippen LogP contribution in [0.3, 0.4) is 0 Å². The Labute approximate surface area is 200 Å². The van der Waals surface area contributed by atoms with E-state index in [1.165, 1.54) is 72.9 Å². The molecule has 0 spiro atoms. The normalized spacial score (nSPS) is 18.4. The summed E-state index contributed by atoms with van der Waals surface area (Å²) in [6, 6.07) is 21.6. The summed E-state index contributed by atoms with van der Waals surface area (Å²) in [5.74, 6) is 1.65. The van der Waals surface area contributed by atoms with Crippen LogP contribution in [0.25, 0.3) is 22.4 Å². The molecule has 0 aliphatic heterocycles. The molecule has 174 valence electrons. The summed E-state index contributed by atoms with van der Waals surface area (Å²) >= 11 is 0. The Morgan fingerprint density at radius 3 is 2.12 bits per heavy atom. The second-order valence-electron chi connectivity index (χ2n) is 10.1. The molecule has 0 unspecified atom stereocenters. The van der Waals surface area contributed by atoms with Crippen LogP contribution in [-0.2, 0) is 13.0 Å². The monoisotopic (exact) mass is 440 g/mol. The Kier molecular flexibility index (Phi) is 8.20. The summed E-state index contributed by atoms with van der Waals surface area (Å²) in [6.07, 6.45) is 11.5. The van der Waals surface area contributed by atoms with E-state index in [2.05, 4.69) is 85.8 Å². The molecule has 0 amide bonds. The van der Waals surface area contributed by atoms with Crippen LogP contribution >= 0.6 is 0 Å². The molecule has 0 saturated heterocycles. The largest absolute Gasteiger partial charge is 0.268 e. The molecule has 0 atom stereocenters. The van der Waals surface area contributed by atoms with Crippen molar-refractivity contribution in [3.63, 3.8) is 0 Å². The van der Waals surface area contributed by atoms with Crippen molar-refractivity contribution in [1.29, 1.82) is 0 Å². The van der Waals surface area contributed by atoms with Gasteiger partial charge in [0.05, 0.1) is 0 Å². The first-order valence-corrected chi connectivity index (χ1v) is 13.0. The topological polar surface area (TPSA) is 17.8 Å². The lowest BCUT2D eigenvalue weighted by molar-refractivity contribution is 0.233. The SMILES string of the molecule is C=C(C)CCCC1CCC(Cn2nc(-c3ccccc3)c(-c3ccccc3)c2CCC)CC1. The van der Waals surface area contributed by atoms with Gasteiger partial charge >= 0.3 is 0 Å². The molecule has 3 aromatic rings. The van der Waals surface area contributed by atoms with E-state index in [1.54, 1.807) is 0 Å². The summed E-state index contributed by atoms with van der Waals surface area (Å²) in [5.41, 5.74) is 7.71. The highest BCUT2D eigenvalue weighted by Gasteiger charge is 2.25. The minimum atomic E-state index is 0.741. The fourth-order valence-corrected chi connectivity index (χ4v) is 5.48. The summed E-state index contributed by atoms with van der Waals surface area (Å²) in [5, 5.41) is 5.26. The van der Waals surface area contributed by atoms with Gasteiger partial charge in [0.1, 0.15) is 5.69 Å². The summed E-state index contributed by atoms with van der Waals surface area (Å²) < 4.78 is 2.38. The van der Waals surface area contributed by atoms with Gasteiger partial charge < -0.3 is 0 Å². The van der Waals surface area contributed by atoms with Crippen molar-refractivity contribution in [1.82, 2.24) is 9.78 Å². The number of benzene rings is 2. The van der Waals surface area contributed by atoms with E-state index in [0.717, 1.165) is 36.9 Å². The minimum absolute atomic E-state index is 0.741. The summed E-state index contributed by atoms with van der Waals surface area (Å²) in [7, 11) is 0. The van der Waals surface area contributed by atoms with Crippen LogP contribution < -0.4 is 0 Å². The van der Waals surface area contributed by atoms with Crippen LogP contribution in [0.1, 0.15) is 70.9 Å². The standard InChI is InChI=1S/C31H40N2/c1-4-12-29-30(27-15-7-5-8-16-27)31(28-17-9-6-10-18-28)32-33(29)23-26-21-19-25(20-22-26)14-11-13-24(2)3/h5-10,15-18,25-26H,2,4,11-14,19-23H2,1,3H3. The van der Waals surface area contributed by atoms with E-state index in [0.29, 0.717) is 0 Å². The van der Waals surface area contributed by atoms with Crippen molar-refractivity contribution in [2.24, 2.45) is 11.8 Å². The van der Waals surface area contributed by atoms with Gasteiger partial charge in [-0.1, -0.05) is 98.8 Å². The minimum Gasteiger partial charge on any atom is -0.268 e. The Morgan fingerprint density at radius 1 is 0.909 bits per heavy atom. The van der Waals surface area contributed by atoms with Crippen molar-refractivity contribution in [3.05, 3.63) is 78.5 Å². The van der Waals surface area contributed by atoms with E-state index in [-0.39, 0.29) is 0 Å². The molecule has 1 fully saturated rings. The van der Waals surface area contributed by atoms with Crippen molar-refractivity contribution in [3.8, 4) is 22.4 Å². The van der Waals surface area contributed by atoms with Crippen LogP contribution in [0.15, 0.2) is 72.8 Å². The van der Waals surface area contributed by atoms with Crippen molar-refractivity contribution < 1.29 is 0 Å². The van der Waals surface area contributed by atoms with Crippen LogP contribution in [0.2, 0.25) is 0 Å². The molecular formula is C31H40N2. The quantitative estimate of drug-likeness (QED) is 0.288. The molecule has 33 heavy (non-hydrogen) atoms. The van der Waals surface area contributed by atoms with Gasteiger partial charge in [-0.2, -0.15) is 5.10 Å². The Bertz CT molecular complexity index is 1010. The Balaban J connectivity index is 1.56. The second-order valence-corrected chi connectivity index (χ2v) is 10.1. The van der Waals surface area contributed by atoms with Gasteiger partial charge in [-0.05, 0) is 56.4 Å². The third-order valence-electron chi connectivity index (χ3n) is 7.27. The molecule has 1 aromatic heterocycles. The summed E-state index contributed by atoms with van der Waals surface area (Å²) in [4.78, 5) is 0. The van der Waals surface area contributed by atoms with Crippen LogP contribution in [0.4, 0.5) is 0 Å². The third-order valence-corrected chi connectivity index (χ3v) is 7.27. The van der Waals surface area contributed by atoms with E-state index >= 15 is 0 Å². The van der Waals surface area contributed by atoms with Gasteiger partial charge in [0.25, 0.3) is 0 Å². The van der Waals surface area contributed by atoms with E-state index in [1.807, 2.05) is 0 Å². The molecule has 0 bridgehead atoms. The van der Waals surface area contributed by atoms with E-state index < -0.39 is 0 Å². The third kappa shape index (κ3) is 6.05. The molecule has 2 aromatic carbocycles. The molecule has 0 N–H and O–H groups in total. The molecule has 1 heterocycles. The van der Waals surface area contributed by atoms with Gasteiger partial charge in [0.2, 0.25) is 0 Å². The first-order chi connectivity index (χ1) is 16.2. The highest BCUT2D eigenvalue weighted by molar-refractivity contribution is 5.82. The molecule has 2 nitrogen and oxygen atoms in total. The Hall–Kier alpha value is -2.61. The van der Waals surface area contributed by atoms with Gasteiger partial charge in [0.15, 0.2) is 0 Å².